The first-order valence-electron chi connectivity index (χ1n) is 9.36. The van der Waals surface area contributed by atoms with Crippen LogP contribution in [0.3, 0.4) is 0 Å². The number of carbonyl (C=O) groups excluding carboxylic acids is 1. The lowest BCUT2D eigenvalue weighted by atomic mass is 10.2. The number of aromatic nitrogens is 1. The Balaban J connectivity index is 1.65. The minimum atomic E-state index is -0.239. The molecule has 2 aromatic carbocycles. The highest BCUT2D eigenvalue weighted by molar-refractivity contribution is 8.00. The molecule has 0 aliphatic rings. The molecule has 0 fully saturated rings. The van der Waals surface area contributed by atoms with Gasteiger partial charge in [0.1, 0.15) is 0 Å². The topological polar surface area (TPSA) is 46.4 Å². The standard InChI is InChI=1S/C23H24ClN3OS/c1-15-5-11-22(12-6-15)29-18(4)23(28)26-25-14-19-13-16(2)27(17(19)3)21-9-7-20(24)8-10-21/h5-14,18H,1-4H3,(H,26,28)/b25-14-/t18-/m0/s1. The van der Waals surface area contributed by atoms with Gasteiger partial charge < -0.3 is 4.57 Å². The number of thioether (sulfide) groups is 1. The van der Waals surface area contributed by atoms with Crippen LogP contribution in [0.25, 0.3) is 5.69 Å². The molecule has 0 aliphatic heterocycles. The van der Waals surface area contributed by atoms with Crippen molar-refractivity contribution in [2.45, 2.75) is 37.8 Å². The van der Waals surface area contributed by atoms with Gasteiger partial charge in [0.25, 0.3) is 5.91 Å². The first kappa shape index (κ1) is 21.2. The van der Waals surface area contributed by atoms with Crippen molar-refractivity contribution in [2.75, 3.05) is 0 Å². The molecule has 1 atom stereocenters. The third-order valence-electron chi connectivity index (χ3n) is 4.64. The molecular weight excluding hydrogens is 402 g/mol. The van der Waals surface area contributed by atoms with Gasteiger partial charge >= 0.3 is 0 Å². The number of hydrazone groups is 1. The molecule has 0 aliphatic carbocycles. The molecule has 0 unspecified atom stereocenters. The molecule has 1 N–H and O–H groups in total. The average Bonchev–Trinajstić information content (AvgIpc) is 2.97. The van der Waals surface area contributed by atoms with E-state index in [0.717, 1.165) is 27.5 Å². The van der Waals surface area contributed by atoms with Crippen LogP contribution in [0.15, 0.2) is 64.6 Å². The summed E-state index contributed by atoms with van der Waals surface area (Å²) in [5, 5.41) is 4.64. The number of benzene rings is 2. The molecule has 0 saturated heterocycles. The number of nitrogens with one attached hydrogen (secondary N) is 1. The zero-order valence-electron chi connectivity index (χ0n) is 16.9. The Labute approximate surface area is 181 Å². The smallest absolute Gasteiger partial charge is 0.253 e. The number of halogens is 1. The van der Waals surface area contributed by atoms with Gasteiger partial charge in [0.15, 0.2) is 0 Å². The number of hydrogen-bond donors (Lipinski definition) is 1. The van der Waals surface area contributed by atoms with E-state index in [-0.39, 0.29) is 11.2 Å². The second-order valence-corrected chi connectivity index (χ2v) is 8.80. The third kappa shape index (κ3) is 5.31. The van der Waals surface area contributed by atoms with E-state index in [1.165, 1.54) is 17.3 Å². The predicted molar refractivity (Wildman–Crippen MR) is 122 cm³/mol. The SMILES string of the molecule is Cc1ccc(S[C@@H](C)C(=O)N/N=C\c2cc(C)n(-c3ccc(Cl)cc3)c2C)cc1. The van der Waals surface area contributed by atoms with Crippen molar-refractivity contribution in [1.29, 1.82) is 0 Å². The first-order valence-corrected chi connectivity index (χ1v) is 10.6. The van der Waals surface area contributed by atoms with Crippen LogP contribution in [0.2, 0.25) is 5.02 Å². The summed E-state index contributed by atoms with van der Waals surface area (Å²) >= 11 is 7.51. The van der Waals surface area contributed by atoms with Crippen LogP contribution in [0, 0.1) is 20.8 Å². The van der Waals surface area contributed by atoms with Crippen LogP contribution in [-0.4, -0.2) is 21.9 Å². The molecule has 150 valence electrons. The Kier molecular flexibility index (Phi) is 6.83. The van der Waals surface area contributed by atoms with Crippen molar-refractivity contribution in [3.8, 4) is 5.69 Å². The molecule has 3 rings (SSSR count). The van der Waals surface area contributed by atoms with Crippen molar-refractivity contribution in [2.24, 2.45) is 5.10 Å². The summed E-state index contributed by atoms with van der Waals surface area (Å²) < 4.78 is 2.13. The minimum absolute atomic E-state index is 0.127. The Hall–Kier alpha value is -2.50. The average molecular weight is 426 g/mol. The van der Waals surface area contributed by atoms with Gasteiger partial charge in [0.2, 0.25) is 0 Å². The second kappa shape index (κ2) is 9.33. The monoisotopic (exact) mass is 425 g/mol. The van der Waals surface area contributed by atoms with Crippen LogP contribution in [0.5, 0.6) is 0 Å². The second-order valence-electron chi connectivity index (χ2n) is 6.95. The van der Waals surface area contributed by atoms with E-state index >= 15 is 0 Å². The number of amides is 1. The number of aryl methyl sites for hydroxylation is 2. The fraction of sp³-hybridized carbons (Fsp3) is 0.217. The van der Waals surface area contributed by atoms with Crippen molar-refractivity contribution in [3.05, 3.63) is 82.1 Å². The van der Waals surface area contributed by atoms with E-state index in [0.29, 0.717) is 5.02 Å². The van der Waals surface area contributed by atoms with Crippen LogP contribution < -0.4 is 5.43 Å². The van der Waals surface area contributed by atoms with Crippen molar-refractivity contribution in [1.82, 2.24) is 9.99 Å². The van der Waals surface area contributed by atoms with Gasteiger partial charge in [-0.2, -0.15) is 5.10 Å². The Morgan fingerprint density at radius 3 is 2.41 bits per heavy atom. The van der Waals surface area contributed by atoms with Crippen LogP contribution >= 0.6 is 23.4 Å². The summed E-state index contributed by atoms with van der Waals surface area (Å²) in [6.45, 7) is 7.99. The minimum Gasteiger partial charge on any atom is -0.318 e. The van der Waals surface area contributed by atoms with E-state index in [2.05, 4.69) is 15.1 Å². The van der Waals surface area contributed by atoms with Crippen molar-refractivity contribution in [3.63, 3.8) is 0 Å². The zero-order chi connectivity index (χ0) is 21.0. The van der Waals surface area contributed by atoms with Crippen molar-refractivity contribution >= 4 is 35.5 Å². The van der Waals surface area contributed by atoms with Gasteiger partial charge in [0.05, 0.1) is 11.5 Å². The Bertz CT molecular complexity index is 1020. The predicted octanol–water partition coefficient (Wildman–Crippen LogP) is 5.69. The summed E-state index contributed by atoms with van der Waals surface area (Å²) in [5.41, 5.74) is 7.97. The zero-order valence-corrected chi connectivity index (χ0v) is 18.5. The maximum Gasteiger partial charge on any atom is 0.253 e. The van der Waals surface area contributed by atoms with Crippen LogP contribution in [0.4, 0.5) is 0 Å². The van der Waals surface area contributed by atoms with E-state index in [1.54, 1.807) is 6.21 Å². The van der Waals surface area contributed by atoms with Crippen molar-refractivity contribution < 1.29 is 4.79 Å². The maximum atomic E-state index is 12.4. The van der Waals surface area contributed by atoms with Gasteiger partial charge in [0, 0.05) is 32.6 Å². The summed E-state index contributed by atoms with van der Waals surface area (Å²) in [5.74, 6) is -0.127. The summed E-state index contributed by atoms with van der Waals surface area (Å²) in [7, 11) is 0. The quantitative estimate of drug-likeness (QED) is 0.313. The largest absolute Gasteiger partial charge is 0.318 e. The lowest BCUT2D eigenvalue weighted by Gasteiger charge is -2.10. The normalized spacial score (nSPS) is 12.3. The van der Waals surface area contributed by atoms with E-state index in [4.69, 9.17) is 11.6 Å². The van der Waals surface area contributed by atoms with Gasteiger partial charge in [-0.3, -0.25) is 4.79 Å². The molecule has 29 heavy (non-hydrogen) atoms. The third-order valence-corrected chi connectivity index (χ3v) is 6.00. The first-order chi connectivity index (χ1) is 13.8. The number of rotatable bonds is 6. The fourth-order valence-corrected chi connectivity index (χ4v) is 4.02. The summed E-state index contributed by atoms with van der Waals surface area (Å²) in [4.78, 5) is 13.4. The highest BCUT2D eigenvalue weighted by atomic mass is 35.5. The van der Waals surface area contributed by atoms with Gasteiger partial charge in [-0.25, -0.2) is 5.43 Å². The molecule has 1 amide bonds. The number of hydrogen-bond acceptors (Lipinski definition) is 3. The molecular formula is C23H24ClN3OS. The highest BCUT2D eigenvalue weighted by Crippen LogP contribution is 2.24. The highest BCUT2D eigenvalue weighted by Gasteiger charge is 2.14. The maximum absolute atomic E-state index is 12.4. The lowest BCUT2D eigenvalue weighted by Crippen LogP contribution is -2.26. The molecule has 0 spiro atoms. The molecule has 0 radical (unpaired) electrons. The van der Waals surface area contributed by atoms with E-state index < -0.39 is 0 Å². The molecule has 0 saturated carbocycles. The molecule has 4 nitrogen and oxygen atoms in total. The molecule has 6 heteroatoms. The lowest BCUT2D eigenvalue weighted by molar-refractivity contribution is -0.120. The summed E-state index contributed by atoms with van der Waals surface area (Å²) in [6, 6.07) is 17.9. The molecule has 0 bridgehead atoms. The van der Waals surface area contributed by atoms with E-state index in [1.807, 2.05) is 82.3 Å². The van der Waals surface area contributed by atoms with Crippen LogP contribution in [-0.2, 0) is 4.79 Å². The number of carbonyl (C=O) groups is 1. The van der Waals surface area contributed by atoms with Gasteiger partial charge in [-0.1, -0.05) is 29.3 Å². The molecule has 1 heterocycles. The fourth-order valence-electron chi connectivity index (χ4n) is 3.04. The Morgan fingerprint density at radius 2 is 1.76 bits per heavy atom. The van der Waals surface area contributed by atoms with Crippen LogP contribution in [0.1, 0.15) is 29.4 Å². The Morgan fingerprint density at radius 1 is 1.10 bits per heavy atom. The van der Waals surface area contributed by atoms with E-state index in [9.17, 15) is 4.79 Å². The molecule has 1 aromatic heterocycles. The molecule has 3 aromatic rings. The summed E-state index contributed by atoms with van der Waals surface area (Å²) in [6.07, 6.45) is 1.69. The van der Waals surface area contributed by atoms with Gasteiger partial charge in [-0.05, 0) is 70.2 Å². The van der Waals surface area contributed by atoms with Gasteiger partial charge in [-0.15, -0.1) is 11.8 Å². The number of nitrogens with zero attached hydrogens (tertiary/aromatic N) is 2.